The predicted molar refractivity (Wildman–Crippen MR) is 79.8 cm³/mol. The van der Waals surface area contributed by atoms with Gasteiger partial charge in [-0.15, -0.1) is 0 Å². The molecule has 2 aromatic rings. The van der Waals surface area contributed by atoms with Gasteiger partial charge in [0.25, 0.3) is 0 Å². The topological polar surface area (TPSA) is 54.0 Å². The molecule has 0 spiro atoms. The fourth-order valence-corrected chi connectivity index (χ4v) is 3.05. The molecule has 1 atom stereocenters. The molecule has 2 heterocycles. The zero-order valence-corrected chi connectivity index (χ0v) is 11.9. The fourth-order valence-electron chi connectivity index (χ4n) is 2.24. The number of fused-ring (bicyclic) bond motifs is 1. The van der Waals surface area contributed by atoms with E-state index in [9.17, 15) is 4.79 Å². The Kier molecular flexibility index (Phi) is 3.71. The van der Waals surface area contributed by atoms with Crippen LogP contribution in [-0.4, -0.2) is 17.4 Å². The molecular formula is C15H15N3OS. The van der Waals surface area contributed by atoms with Crippen molar-refractivity contribution in [1.82, 2.24) is 10.3 Å². The second kappa shape index (κ2) is 5.64. The first-order chi connectivity index (χ1) is 9.78. The summed E-state index contributed by atoms with van der Waals surface area (Å²) in [5.41, 5.74) is 1.91. The summed E-state index contributed by atoms with van der Waals surface area (Å²) in [5.74, 6) is 0.0156. The molecule has 1 amide bonds. The van der Waals surface area contributed by atoms with E-state index in [1.807, 2.05) is 43.3 Å². The number of likely N-dealkylation sites (N-methyl/N-ethyl adjacent to an activating group) is 1. The van der Waals surface area contributed by atoms with E-state index in [4.69, 9.17) is 0 Å². The fraction of sp³-hybridized carbons (Fsp3) is 0.200. The van der Waals surface area contributed by atoms with Gasteiger partial charge in [0.1, 0.15) is 11.1 Å². The first-order valence-corrected chi connectivity index (χ1v) is 7.36. The minimum absolute atomic E-state index is 0.0156. The Hall–Kier alpha value is -1.85. The zero-order chi connectivity index (χ0) is 13.9. The summed E-state index contributed by atoms with van der Waals surface area (Å²) in [4.78, 5) is 17.3. The molecule has 0 fully saturated rings. The van der Waals surface area contributed by atoms with E-state index in [0.717, 1.165) is 27.7 Å². The van der Waals surface area contributed by atoms with Gasteiger partial charge in [-0.25, -0.2) is 4.98 Å². The first-order valence-electron chi connectivity index (χ1n) is 6.55. The minimum Gasteiger partial charge on any atom is -0.324 e. The highest BCUT2D eigenvalue weighted by atomic mass is 32.2. The van der Waals surface area contributed by atoms with Crippen molar-refractivity contribution >= 4 is 23.4 Å². The van der Waals surface area contributed by atoms with Crippen molar-refractivity contribution < 1.29 is 4.79 Å². The van der Waals surface area contributed by atoms with Gasteiger partial charge in [0.2, 0.25) is 5.91 Å². The van der Waals surface area contributed by atoms with Crippen LogP contribution < -0.4 is 10.6 Å². The van der Waals surface area contributed by atoms with E-state index >= 15 is 0 Å². The van der Waals surface area contributed by atoms with Gasteiger partial charge in [-0.2, -0.15) is 0 Å². The first kappa shape index (κ1) is 13.1. The van der Waals surface area contributed by atoms with E-state index in [1.54, 1.807) is 18.0 Å². The lowest BCUT2D eigenvalue weighted by Crippen LogP contribution is -2.27. The predicted octanol–water partition coefficient (Wildman–Crippen LogP) is 2.84. The molecule has 20 heavy (non-hydrogen) atoms. The molecule has 0 bridgehead atoms. The molecule has 2 N–H and O–H groups in total. The Bertz CT molecular complexity index is 630. The highest BCUT2D eigenvalue weighted by molar-refractivity contribution is 7.99. The van der Waals surface area contributed by atoms with Gasteiger partial charge in [-0.1, -0.05) is 30.8 Å². The van der Waals surface area contributed by atoms with Crippen LogP contribution in [0.2, 0.25) is 0 Å². The molecule has 4 nitrogen and oxygen atoms in total. The molecule has 102 valence electrons. The summed E-state index contributed by atoms with van der Waals surface area (Å²) >= 11 is 1.59. The SMILES string of the molecule is CCNC1C(=O)Nc2cc(Sc3ccccn3)ccc21. The number of carbonyl (C=O) groups is 1. The molecule has 5 heteroatoms. The van der Waals surface area contributed by atoms with E-state index < -0.39 is 0 Å². The van der Waals surface area contributed by atoms with Crippen molar-refractivity contribution in [2.24, 2.45) is 0 Å². The molecule has 1 aromatic heterocycles. The standard InChI is InChI=1S/C15H15N3OS/c1-2-16-14-11-7-6-10(9-12(11)18-15(14)19)20-13-5-3-4-8-17-13/h3-9,14,16H,2H2,1H3,(H,18,19). The molecule has 1 aliphatic heterocycles. The third-order valence-electron chi connectivity index (χ3n) is 3.12. The van der Waals surface area contributed by atoms with E-state index in [2.05, 4.69) is 15.6 Å². The van der Waals surface area contributed by atoms with Gasteiger partial charge in [0, 0.05) is 22.3 Å². The third kappa shape index (κ3) is 2.55. The summed E-state index contributed by atoms with van der Waals surface area (Å²) in [6, 6.07) is 11.6. The van der Waals surface area contributed by atoms with Crippen LogP contribution in [0.4, 0.5) is 5.69 Å². The van der Waals surface area contributed by atoms with Gasteiger partial charge >= 0.3 is 0 Å². The van der Waals surface area contributed by atoms with E-state index in [-0.39, 0.29) is 11.9 Å². The van der Waals surface area contributed by atoms with Crippen LogP contribution >= 0.6 is 11.8 Å². The lowest BCUT2D eigenvalue weighted by atomic mass is 10.1. The van der Waals surface area contributed by atoms with E-state index in [1.165, 1.54) is 0 Å². The number of hydrogen-bond acceptors (Lipinski definition) is 4. The van der Waals surface area contributed by atoms with Crippen LogP contribution in [0.15, 0.2) is 52.5 Å². The number of anilines is 1. The third-order valence-corrected chi connectivity index (χ3v) is 4.06. The Labute approximate surface area is 122 Å². The lowest BCUT2D eigenvalue weighted by molar-refractivity contribution is -0.117. The van der Waals surface area contributed by atoms with Crippen molar-refractivity contribution in [3.05, 3.63) is 48.2 Å². The number of benzene rings is 1. The minimum atomic E-state index is -0.232. The zero-order valence-electron chi connectivity index (χ0n) is 11.1. The number of nitrogens with one attached hydrogen (secondary N) is 2. The molecule has 3 rings (SSSR count). The van der Waals surface area contributed by atoms with E-state index in [0.29, 0.717) is 0 Å². The van der Waals surface area contributed by atoms with Crippen LogP contribution in [0.3, 0.4) is 0 Å². The summed E-state index contributed by atoms with van der Waals surface area (Å²) in [7, 11) is 0. The summed E-state index contributed by atoms with van der Waals surface area (Å²) in [5, 5.41) is 7.06. The van der Waals surface area contributed by atoms with Crippen LogP contribution in [0.25, 0.3) is 0 Å². The quantitative estimate of drug-likeness (QED) is 0.907. The number of carbonyl (C=O) groups excluding carboxylic acids is 1. The Morgan fingerprint density at radius 1 is 1.35 bits per heavy atom. The Morgan fingerprint density at radius 3 is 3.00 bits per heavy atom. The Balaban J connectivity index is 1.84. The number of amides is 1. The maximum absolute atomic E-state index is 11.9. The molecule has 0 radical (unpaired) electrons. The van der Waals surface area contributed by atoms with Crippen molar-refractivity contribution in [2.75, 3.05) is 11.9 Å². The normalized spacial score (nSPS) is 16.9. The van der Waals surface area contributed by atoms with Gasteiger partial charge in [-0.05, 0) is 30.8 Å². The van der Waals surface area contributed by atoms with Gasteiger partial charge in [0.15, 0.2) is 0 Å². The number of rotatable bonds is 4. The lowest BCUT2D eigenvalue weighted by Gasteiger charge is -2.09. The van der Waals surface area contributed by atoms with Gasteiger partial charge in [-0.3, -0.25) is 4.79 Å². The highest BCUT2D eigenvalue weighted by Crippen LogP contribution is 2.35. The van der Waals surface area contributed by atoms with Crippen molar-refractivity contribution in [3.8, 4) is 0 Å². The van der Waals surface area contributed by atoms with Gasteiger partial charge < -0.3 is 10.6 Å². The molecule has 1 aliphatic rings. The van der Waals surface area contributed by atoms with Crippen LogP contribution in [0.1, 0.15) is 18.5 Å². The summed E-state index contributed by atoms with van der Waals surface area (Å²) in [6.07, 6.45) is 1.78. The van der Waals surface area contributed by atoms with Crippen molar-refractivity contribution in [3.63, 3.8) is 0 Å². The maximum atomic E-state index is 11.9. The van der Waals surface area contributed by atoms with Crippen molar-refractivity contribution in [2.45, 2.75) is 22.9 Å². The van der Waals surface area contributed by atoms with Crippen LogP contribution in [-0.2, 0) is 4.79 Å². The number of pyridine rings is 1. The number of nitrogens with zero attached hydrogens (tertiary/aromatic N) is 1. The largest absolute Gasteiger partial charge is 0.324 e. The average Bonchev–Trinajstić information content (AvgIpc) is 2.76. The smallest absolute Gasteiger partial charge is 0.246 e. The molecule has 0 aliphatic carbocycles. The molecule has 1 unspecified atom stereocenters. The monoisotopic (exact) mass is 285 g/mol. The molecular weight excluding hydrogens is 270 g/mol. The average molecular weight is 285 g/mol. The number of aromatic nitrogens is 1. The Morgan fingerprint density at radius 2 is 2.25 bits per heavy atom. The molecule has 1 aromatic carbocycles. The summed E-state index contributed by atoms with van der Waals surface area (Å²) < 4.78 is 0. The van der Waals surface area contributed by atoms with Gasteiger partial charge in [0.05, 0.1) is 0 Å². The summed E-state index contributed by atoms with van der Waals surface area (Å²) in [6.45, 7) is 2.76. The van der Waals surface area contributed by atoms with Crippen LogP contribution in [0.5, 0.6) is 0 Å². The number of hydrogen-bond donors (Lipinski definition) is 2. The maximum Gasteiger partial charge on any atom is 0.246 e. The second-order valence-electron chi connectivity index (χ2n) is 4.50. The second-order valence-corrected chi connectivity index (χ2v) is 5.59. The highest BCUT2D eigenvalue weighted by Gasteiger charge is 2.29. The van der Waals surface area contributed by atoms with Crippen LogP contribution in [0, 0.1) is 0 Å². The molecule has 0 saturated heterocycles. The molecule has 0 saturated carbocycles. The van der Waals surface area contributed by atoms with Crippen molar-refractivity contribution in [1.29, 1.82) is 0 Å².